The first-order valence-corrected chi connectivity index (χ1v) is 5.19. The molecule has 0 aliphatic carbocycles. The van der Waals surface area contributed by atoms with Gasteiger partial charge in [0.25, 0.3) is 0 Å². The molecule has 82 valence electrons. The molecule has 2 rings (SSSR count). The molecule has 0 aromatic carbocycles. The molecule has 0 bridgehead atoms. The summed E-state index contributed by atoms with van der Waals surface area (Å²) in [7, 11) is 0. The number of hydrogen-bond acceptors (Lipinski definition) is 4. The molecule has 2 N–H and O–H groups in total. The van der Waals surface area contributed by atoms with E-state index in [0.717, 1.165) is 12.8 Å². The van der Waals surface area contributed by atoms with Crippen molar-refractivity contribution >= 4 is 12.2 Å². The molecule has 1 aliphatic heterocycles. The first-order valence-electron chi connectivity index (χ1n) is 4.78. The molecule has 1 fully saturated rings. The Bertz CT molecular complexity index is 453. The van der Waals surface area contributed by atoms with E-state index in [0.29, 0.717) is 4.64 Å². The van der Waals surface area contributed by atoms with Crippen LogP contribution in [0, 0.1) is 4.64 Å². The van der Waals surface area contributed by atoms with E-state index in [1.807, 2.05) is 0 Å². The molecule has 0 radical (unpaired) electrons. The van der Waals surface area contributed by atoms with Gasteiger partial charge in [-0.15, -0.1) is 0 Å². The van der Waals surface area contributed by atoms with Crippen molar-refractivity contribution in [2.24, 2.45) is 0 Å². The number of rotatable bonds is 2. The molecule has 1 aromatic heterocycles. The molecule has 15 heavy (non-hydrogen) atoms. The lowest BCUT2D eigenvalue weighted by Crippen LogP contribution is -2.27. The Morgan fingerprint density at radius 3 is 3.07 bits per heavy atom. The first-order chi connectivity index (χ1) is 7.20. The minimum atomic E-state index is -0.290. The van der Waals surface area contributed by atoms with Crippen molar-refractivity contribution in [2.45, 2.75) is 25.2 Å². The highest BCUT2D eigenvalue weighted by atomic mass is 32.1. The second kappa shape index (κ2) is 4.26. The molecule has 2 atom stereocenters. The van der Waals surface area contributed by atoms with Crippen LogP contribution in [0.3, 0.4) is 0 Å². The topological polar surface area (TPSA) is 67.2 Å². The molecule has 1 saturated heterocycles. The van der Waals surface area contributed by atoms with E-state index in [1.165, 1.54) is 4.57 Å². The SMILES string of the molecule is O=c1[nH]c(=S)ccn1[C@H]1CC[C@@H](CO)O1. The molecule has 6 heteroatoms. The van der Waals surface area contributed by atoms with Gasteiger partial charge in [-0.2, -0.15) is 0 Å². The van der Waals surface area contributed by atoms with Gasteiger partial charge in [0.1, 0.15) is 10.9 Å². The molecule has 1 aliphatic rings. The summed E-state index contributed by atoms with van der Waals surface area (Å²) in [5, 5.41) is 8.91. The van der Waals surface area contributed by atoms with Crippen LogP contribution in [0.15, 0.2) is 17.1 Å². The zero-order valence-corrected chi connectivity index (χ0v) is 8.87. The number of hydrogen-bond donors (Lipinski definition) is 2. The number of ether oxygens (including phenoxy) is 1. The largest absolute Gasteiger partial charge is 0.394 e. The smallest absolute Gasteiger partial charge is 0.328 e. The van der Waals surface area contributed by atoms with Crippen LogP contribution >= 0.6 is 12.2 Å². The number of aromatic nitrogens is 2. The zero-order valence-electron chi connectivity index (χ0n) is 8.05. The molecule has 0 unspecified atom stereocenters. The number of aromatic amines is 1. The first kappa shape index (κ1) is 10.5. The number of nitrogens with one attached hydrogen (secondary N) is 1. The quantitative estimate of drug-likeness (QED) is 0.726. The minimum Gasteiger partial charge on any atom is -0.394 e. The average Bonchev–Trinajstić information content (AvgIpc) is 2.66. The van der Waals surface area contributed by atoms with Crippen LogP contribution in [0.5, 0.6) is 0 Å². The van der Waals surface area contributed by atoms with Crippen LogP contribution in [0.1, 0.15) is 19.1 Å². The molecular weight excluding hydrogens is 216 g/mol. The summed E-state index contributed by atoms with van der Waals surface area (Å²) in [6.07, 6.45) is 2.66. The fraction of sp³-hybridized carbons (Fsp3) is 0.556. The van der Waals surface area contributed by atoms with Gasteiger partial charge >= 0.3 is 5.69 Å². The Morgan fingerprint density at radius 1 is 1.67 bits per heavy atom. The van der Waals surface area contributed by atoms with Crippen molar-refractivity contribution in [3.63, 3.8) is 0 Å². The fourth-order valence-electron chi connectivity index (χ4n) is 1.68. The van der Waals surface area contributed by atoms with E-state index in [1.54, 1.807) is 12.3 Å². The van der Waals surface area contributed by atoms with Crippen molar-refractivity contribution in [3.05, 3.63) is 27.4 Å². The summed E-state index contributed by atoms with van der Waals surface area (Å²) < 4.78 is 7.35. The summed E-state index contributed by atoms with van der Waals surface area (Å²) in [5.41, 5.74) is -0.272. The van der Waals surface area contributed by atoms with E-state index < -0.39 is 0 Å². The Kier molecular flexibility index (Phi) is 2.99. The van der Waals surface area contributed by atoms with Crippen LogP contribution in [-0.2, 0) is 4.74 Å². The van der Waals surface area contributed by atoms with Gasteiger partial charge in [0.05, 0.1) is 12.7 Å². The third-order valence-corrected chi connectivity index (χ3v) is 2.69. The highest BCUT2D eigenvalue weighted by Crippen LogP contribution is 2.26. The molecule has 1 aromatic rings. The lowest BCUT2D eigenvalue weighted by molar-refractivity contribution is -0.0246. The molecule has 0 spiro atoms. The van der Waals surface area contributed by atoms with E-state index in [4.69, 9.17) is 22.1 Å². The van der Waals surface area contributed by atoms with E-state index >= 15 is 0 Å². The molecule has 2 heterocycles. The van der Waals surface area contributed by atoms with Crippen molar-refractivity contribution in [1.82, 2.24) is 9.55 Å². The van der Waals surface area contributed by atoms with Gasteiger partial charge in [0.2, 0.25) is 0 Å². The molecule has 5 nitrogen and oxygen atoms in total. The standard InChI is InChI=1S/C9H12N2O3S/c12-5-6-1-2-8(14-6)11-4-3-7(15)10-9(11)13/h3-4,6,8,12H,1-2,5H2,(H,10,13,15)/t6-,8+/m0/s1. The van der Waals surface area contributed by atoms with Crippen molar-refractivity contribution in [2.75, 3.05) is 6.61 Å². The maximum atomic E-state index is 11.5. The third kappa shape index (κ3) is 2.17. The average molecular weight is 228 g/mol. The predicted molar refractivity (Wildman–Crippen MR) is 56.1 cm³/mol. The minimum absolute atomic E-state index is 0.00587. The van der Waals surface area contributed by atoms with Crippen LogP contribution in [-0.4, -0.2) is 27.4 Å². The van der Waals surface area contributed by atoms with Crippen LogP contribution < -0.4 is 5.69 Å². The lowest BCUT2D eigenvalue weighted by Gasteiger charge is -2.14. The summed E-state index contributed by atoms with van der Waals surface area (Å²) in [6.45, 7) is -0.00587. The highest BCUT2D eigenvalue weighted by Gasteiger charge is 2.26. The second-order valence-electron chi connectivity index (χ2n) is 3.49. The van der Waals surface area contributed by atoms with Crippen LogP contribution in [0.2, 0.25) is 0 Å². The summed E-state index contributed by atoms with van der Waals surface area (Å²) in [5.74, 6) is 0. The van der Waals surface area contributed by atoms with Gasteiger partial charge in [-0.05, 0) is 18.9 Å². The second-order valence-corrected chi connectivity index (χ2v) is 3.93. The van der Waals surface area contributed by atoms with Gasteiger partial charge in [-0.3, -0.25) is 9.55 Å². The molecule has 0 saturated carbocycles. The monoisotopic (exact) mass is 228 g/mol. The normalized spacial score (nSPS) is 25.7. The lowest BCUT2D eigenvalue weighted by atomic mass is 10.2. The molecular formula is C9H12N2O3S. The summed E-state index contributed by atoms with van der Waals surface area (Å²) in [4.78, 5) is 14.0. The van der Waals surface area contributed by atoms with Gasteiger partial charge in [0, 0.05) is 6.20 Å². The predicted octanol–water partition coefficient (Wildman–Crippen LogP) is 0.576. The Labute approximate surface area is 91.3 Å². The third-order valence-electron chi connectivity index (χ3n) is 2.45. The Balaban J connectivity index is 2.24. The van der Waals surface area contributed by atoms with E-state index in [-0.39, 0.29) is 24.6 Å². The zero-order chi connectivity index (χ0) is 10.8. The Morgan fingerprint density at radius 2 is 2.47 bits per heavy atom. The summed E-state index contributed by atoms with van der Waals surface area (Å²) in [6, 6.07) is 1.65. The van der Waals surface area contributed by atoms with Crippen molar-refractivity contribution in [1.29, 1.82) is 0 Å². The van der Waals surface area contributed by atoms with E-state index in [2.05, 4.69) is 4.98 Å². The maximum Gasteiger partial charge on any atom is 0.328 e. The van der Waals surface area contributed by atoms with Crippen molar-refractivity contribution in [3.8, 4) is 0 Å². The Hall–Kier alpha value is -0.980. The van der Waals surface area contributed by atoms with Crippen LogP contribution in [0.25, 0.3) is 0 Å². The number of H-pyrrole nitrogens is 1. The van der Waals surface area contributed by atoms with Gasteiger partial charge in [-0.25, -0.2) is 4.79 Å². The van der Waals surface area contributed by atoms with Gasteiger partial charge in [0.15, 0.2) is 0 Å². The number of nitrogens with zero attached hydrogens (tertiary/aromatic N) is 1. The fourth-order valence-corrected chi connectivity index (χ4v) is 1.83. The van der Waals surface area contributed by atoms with Gasteiger partial charge in [-0.1, -0.05) is 12.2 Å². The maximum absolute atomic E-state index is 11.5. The highest BCUT2D eigenvalue weighted by molar-refractivity contribution is 7.71. The van der Waals surface area contributed by atoms with E-state index in [9.17, 15) is 4.79 Å². The summed E-state index contributed by atoms with van der Waals surface area (Å²) >= 11 is 4.83. The number of aliphatic hydroxyl groups is 1. The number of aliphatic hydroxyl groups excluding tert-OH is 1. The van der Waals surface area contributed by atoms with Gasteiger partial charge < -0.3 is 9.84 Å². The molecule has 0 amide bonds. The van der Waals surface area contributed by atoms with Crippen LogP contribution in [0.4, 0.5) is 0 Å². The van der Waals surface area contributed by atoms with Crippen molar-refractivity contribution < 1.29 is 9.84 Å².